The third-order valence-electron chi connectivity index (χ3n) is 10.9. The number of rotatable bonds is 42. The molecule has 0 aromatic heterocycles. The van der Waals surface area contributed by atoms with E-state index >= 15 is 0 Å². The summed E-state index contributed by atoms with van der Waals surface area (Å²) in [7, 11) is 0. The molecule has 0 radical (unpaired) electrons. The molecule has 0 rings (SSSR count). The van der Waals surface area contributed by atoms with Crippen molar-refractivity contribution in [2.45, 2.75) is 270 Å². The molecule has 5 heteroatoms. The fourth-order valence-electron chi connectivity index (χ4n) is 7.28. The highest BCUT2D eigenvalue weighted by Gasteiger charge is 2.26. The molecule has 0 aliphatic carbocycles. The molecule has 4 N–H and O–H groups in total. The van der Waals surface area contributed by atoms with Gasteiger partial charge in [-0.15, -0.1) is 0 Å². The smallest absolute Gasteiger partial charge is 0.220 e. The van der Waals surface area contributed by atoms with E-state index in [2.05, 4.69) is 31.3 Å². The highest BCUT2D eigenvalue weighted by molar-refractivity contribution is 5.76. The lowest BCUT2D eigenvalue weighted by molar-refractivity contribution is -0.124. The predicted octanol–water partition coefficient (Wildman–Crippen LogP) is 13.2. The lowest BCUT2D eigenvalue weighted by atomic mass is 10.0. The Labute approximate surface area is 319 Å². The minimum atomic E-state index is -1.15. The van der Waals surface area contributed by atoms with Crippen molar-refractivity contribution in [2.75, 3.05) is 6.61 Å². The van der Waals surface area contributed by atoms with Gasteiger partial charge in [0.15, 0.2) is 0 Å². The summed E-state index contributed by atoms with van der Waals surface area (Å²) in [5.41, 5.74) is 0. The van der Waals surface area contributed by atoms with Crippen molar-refractivity contribution in [3.8, 4) is 0 Å². The number of aliphatic hydroxyl groups is 3. The first-order valence-corrected chi connectivity index (χ1v) is 23.0. The van der Waals surface area contributed by atoms with Crippen LogP contribution in [0, 0.1) is 0 Å². The fourth-order valence-corrected chi connectivity index (χ4v) is 7.28. The van der Waals surface area contributed by atoms with Gasteiger partial charge in [0, 0.05) is 6.42 Å². The molecular formula is C46H91NO4. The maximum atomic E-state index is 12.4. The number of aliphatic hydroxyl groups excluding tert-OH is 3. The van der Waals surface area contributed by atoms with Gasteiger partial charge in [0.1, 0.15) is 6.10 Å². The van der Waals surface area contributed by atoms with E-state index in [1.165, 1.54) is 186 Å². The van der Waals surface area contributed by atoms with Crippen molar-refractivity contribution in [3.05, 3.63) is 12.2 Å². The van der Waals surface area contributed by atoms with Gasteiger partial charge in [0.05, 0.1) is 18.8 Å². The highest BCUT2D eigenvalue weighted by Crippen LogP contribution is 2.16. The first-order valence-electron chi connectivity index (χ1n) is 23.0. The minimum absolute atomic E-state index is 0.150. The Hall–Kier alpha value is -0.910. The van der Waals surface area contributed by atoms with Gasteiger partial charge in [-0.25, -0.2) is 0 Å². The minimum Gasteiger partial charge on any atom is -0.394 e. The molecule has 0 aromatic rings. The molecular weight excluding hydrogens is 631 g/mol. The van der Waals surface area contributed by atoms with Crippen LogP contribution in [0.3, 0.4) is 0 Å². The molecule has 0 spiro atoms. The van der Waals surface area contributed by atoms with Crippen molar-refractivity contribution in [1.29, 1.82) is 0 Å². The van der Waals surface area contributed by atoms with Crippen LogP contribution in [0.4, 0.5) is 0 Å². The van der Waals surface area contributed by atoms with Crippen LogP contribution in [0.25, 0.3) is 0 Å². The van der Waals surface area contributed by atoms with Crippen molar-refractivity contribution in [1.82, 2.24) is 5.32 Å². The van der Waals surface area contributed by atoms with Crippen LogP contribution < -0.4 is 5.32 Å². The summed E-state index contributed by atoms with van der Waals surface area (Å²) in [5, 5.41) is 33.6. The molecule has 0 bridgehead atoms. The second-order valence-electron chi connectivity index (χ2n) is 16.0. The molecule has 0 fully saturated rings. The van der Waals surface area contributed by atoms with Crippen LogP contribution in [0.2, 0.25) is 0 Å². The molecule has 304 valence electrons. The standard InChI is InChI=1S/C46H91NO4/c1-3-5-7-9-11-13-15-17-19-21-23-24-26-28-30-32-34-36-38-40-44(49)46(51)43(42-48)47-45(50)41-39-37-35-33-31-29-27-25-22-20-18-16-14-12-10-8-6-4-2/h32,34,43-44,46,48-49,51H,3-31,33,35-42H2,1-2H3,(H,47,50)/b34-32+. The van der Waals surface area contributed by atoms with Gasteiger partial charge in [0.2, 0.25) is 5.91 Å². The largest absolute Gasteiger partial charge is 0.394 e. The van der Waals surface area contributed by atoms with E-state index in [-0.39, 0.29) is 12.5 Å². The molecule has 51 heavy (non-hydrogen) atoms. The third kappa shape index (κ3) is 37.2. The summed E-state index contributed by atoms with van der Waals surface area (Å²) in [6.45, 7) is 4.19. The van der Waals surface area contributed by atoms with Crippen molar-refractivity contribution in [3.63, 3.8) is 0 Å². The van der Waals surface area contributed by atoms with E-state index in [1.54, 1.807) is 0 Å². The Balaban J connectivity index is 3.62. The predicted molar refractivity (Wildman–Crippen MR) is 222 cm³/mol. The first-order chi connectivity index (χ1) is 25.1. The SMILES string of the molecule is CCCCCCCCCCCCCCCC/C=C/CCCC(O)C(O)C(CO)NC(=O)CCCCCCCCCCCCCCCCCCCC. The first kappa shape index (κ1) is 50.1. The zero-order valence-electron chi connectivity index (χ0n) is 34.5. The molecule has 0 aliphatic heterocycles. The number of unbranched alkanes of at least 4 members (excludes halogenated alkanes) is 32. The van der Waals surface area contributed by atoms with E-state index in [4.69, 9.17) is 0 Å². The Kier molecular flexibility index (Phi) is 41.1. The van der Waals surface area contributed by atoms with Crippen molar-refractivity contribution in [2.24, 2.45) is 0 Å². The van der Waals surface area contributed by atoms with Gasteiger partial charge in [-0.3, -0.25) is 4.79 Å². The van der Waals surface area contributed by atoms with Crippen LogP contribution in [0.15, 0.2) is 12.2 Å². The molecule has 0 saturated carbocycles. The number of nitrogens with one attached hydrogen (secondary N) is 1. The Morgan fingerprint density at radius 2 is 0.784 bits per heavy atom. The molecule has 0 heterocycles. The lowest BCUT2D eigenvalue weighted by Crippen LogP contribution is -2.50. The van der Waals surface area contributed by atoms with Crippen LogP contribution in [-0.2, 0) is 4.79 Å². The molecule has 0 aromatic carbocycles. The van der Waals surface area contributed by atoms with Gasteiger partial charge in [-0.2, -0.15) is 0 Å². The Morgan fingerprint density at radius 1 is 0.471 bits per heavy atom. The zero-order chi connectivity index (χ0) is 37.3. The van der Waals surface area contributed by atoms with Gasteiger partial charge in [0.25, 0.3) is 0 Å². The molecule has 1 amide bonds. The fraction of sp³-hybridized carbons (Fsp3) is 0.935. The monoisotopic (exact) mass is 722 g/mol. The Morgan fingerprint density at radius 3 is 1.14 bits per heavy atom. The molecule has 0 aliphatic rings. The topological polar surface area (TPSA) is 89.8 Å². The van der Waals surface area contributed by atoms with Crippen LogP contribution in [0.5, 0.6) is 0 Å². The summed E-state index contributed by atoms with van der Waals surface area (Å²) >= 11 is 0. The number of carbonyl (C=O) groups excluding carboxylic acids is 1. The van der Waals surface area contributed by atoms with E-state index < -0.39 is 18.2 Å². The summed E-state index contributed by atoms with van der Waals surface area (Å²) in [6.07, 6.45) is 49.0. The van der Waals surface area contributed by atoms with Gasteiger partial charge in [-0.1, -0.05) is 219 Å². The second-order valence-corrected chi connectivity index (χ2v) is 16.0. The van der Waals surface area contributed by atoms with Crippen molar-refractivity contribution >= 4 is 5.91 Å². The summed E-state index contributed by atoms with van der Waals surface area (Å²) in [6, 6.07) is -0.820. The number of hydrogen-bond acceptors (Lipinski definition) is 4. The van der Waals surface area contributed by atoms with Gasteiger partial charge < -0.3 is 20.6 Å². The average Bonchev–Trinajstić information content (AvgIpc) is 3.13. The molecule has 0 saturated heterocycles. The third-order valence-corrected chi connectivity index (χ3v) is 10.9. The summed E-state index contributed by atoms with van der Waals surface area (Å²) in [4.78, 5) is 12.4. The van der Waals surface area contributed by atoms with Crippen LogP contribution in [-0.4, -0.2) is 46.1 Å². The lowest BCUT2D eigenvalue weighted by Gasteiger charge is -2.26. The van der Waals surface area contributed by atoms with Crippen LogP contribution >= 0.6 is 0 Å². The van der Waals surface area contributed by atoms with Gasteiger partial charge >= 0.3 is 0 Å². The second kappa shape index (κ2) is 41.8. The van der Waals surface area contributed by atoms with Crippen molar-refractivity contribution < 1.29 is 20.1 Å². The van der Waals surface area contributed by atoms with E-state index in [1.807, 2.05) is 0 Å². The van der Waals surface area contributed by atoms with E-state index in [9.17, 15) is 20.1 Å². The summed E-state index contributed by atoms with van der Waals surface area (Å²) in [5.74, 6) is -0.150. The highest BCUT2D eigenvalue weighted by atomic mass is 16.3. The summed E-state index contributed by atoms with van der Waals surface area (Å²) < 4.78 is 0. The quantitative estimate of drug-likeness (QED) is 0.0373. The number of allylic oxidation sites excluding steroid dienone is 2. The van der Waals surface area contributed by atoms with E-state index in [0.29, 0.717) is 12.8 Å². The maximum Gasteiger partial charge on any atom is 0.220 e. The van der Waals surface area contributed by atoms with Crippen LogP contribution in [0.1, 0.15) is 251 Å². The zero-order valence-corrected chi connectivity index (χ0v) is 34.5. The average molecular weight is 722 g/mol. The molecule has 3 unspecified atom stereocenters. The van der Waals surface area contributed by atoms with E-state index in [0.717, 1.165) is 38.5 Å². The number of amides is 1. The number of carbonyl (C=O) groups is 1. The number of hydrogen-bond donors (Lipinski definition) is 4. The van der Waals surface area contributed by atoms with Gasteiger partial charge in [-0.05, 0) is 38.5 Å². The molecule has 3 atom stereocenters. The molecule has 5 nitrogen and oxygen atoms in total. The maximum absolute atomic E-state index is 12.4. The normalized spacial score (nSPS) is 13.6. The Bertz CT molecular complexity index is 713.